The van der Waals surface area contributed by atoms with Crippen molar-refractivity contribution in [2.45, 2.75) is 5.88 Å². The van der Waals surface area contributed by atoms with Crippen molar-refractivity contribution in [3.8, 4) is 17.1 Å². The third-order valence-corrected chi connectivity index (χ3v) is 3.32. The fourth-order valence-electron chi connectivity index (χ4n) is 2.13. The molecular weight excluding hydrogens is 291 g/mol. The van der Waals surface area contributed by atoms with Crippen molar-refractivity contribution in [3.05, 3.63) is 60.2 Å². The van der Waals surface area contributed by atoms with Gasteiger partial charge in [0.1, 0.15) is 5.82 Å². The summed E-state index contributed by atoms with van der Waals surface area (Å²) >= 11 is 5.92. The second-order valence-electron chi connectivity index (χ2n) is 4.51. The van der Waals surface area contributed by atoms with E-state index in [1.165, 1.54) is 12.1 Å². The van der Waals surface area contributed by atoms with Gasteiger partial charge >= 0.3 is 0 Å². The Kier molecular flexibility index (Phi) is 3.58. The van der Waals surface area contributed by atoms with Gasteiger partial charge in [0.05, 0.1) is 5.88 Å². The SMILES string of the molecule is Nc1cccc(-c2nnc(CCl)n2-c2ccc(F)cc2)c1. The first kappa shape index (κ1) is 13.6. The summed E-state index contributed by atoms with van der Waals surface area (Å²) < 4.78 is 14.9. The van der Waals surface area contributed by atoms with Crippen LogP contribution in [-0.4, -0.2) is 14.8 Å². The number of alkyl halides is 1. The monoisotopic (exact) mass is 302 g/mol. The molecular formula is C15H12ClFN4. The van der Waals surface area contributed by atoms with E-state index >= 15 is 0 Å². The predicted molar refractivity (Wildman–Crippen MR) is 80.7 cm³/mol. The van der Waals surface area contributed by atoms with E-state index in [2.05, 4.69) is 10.2 Å². The zero-order valence-electron chi connectivity index (χ0n) is 11.0. The second-order valence-corrected chi connectivity index (χ2v) is 4.78. The standard InChI is InChI=1S/C15H12ClFN4/c16-9-14-19-20-15(10-2-1-3-12(18)8-10)21(14)13-6-4-11(17)5-7-13/h1-8H,9,18H2. The number of hydrogen-bond acceptors (Lipinski definition) is 3. The smallest absolute Gasteiger partial charge is 0.168 e. The van der Waals surface area contributed by atoms with E-state index in [0.717, 1.165) is 11.3 Å². The van der Waals surface area contributed by atoms with Gasteiger partial charge in [0, 0.05) is 16.9 Å². The lowest BCUT2D eigenvalue weighted by atomic mass is 10.2. The topological polar surface area (TPSA) is 56.7 Å². The molecule has 4 nitrogen and oxygen atoms in total. The molecule has 1 heterocycles. The normalized spacial score (nSPS) is 10.8. The highest BCUT2D eigenvalue weighted by molar-refractivity contribution is 6.16. The van der Waals surface area contributed by atoms with Crippen LogP contribution in [0, 0.1) is 5.82 Å². The van der Waals surface area contributed by atoms with Crippen LogP contribution in [0.25, 0.3) is 17.1 Å². The molecule has 3 aromatic rings. The van der Waals surface area contributed by atoms with Crippen LogP contribution < -0.4 is 5.73 Å². The number of hydrogen-bond donors (Lipinski definition) is 1. The molecule has 0 spiro atoms. The molecule has 0 saturated heterocycles. The van der Waals surface area contributed by atoms with Gasteiger partial charge in [0.15, 0.2) is 11.6 Å². The van der Waals surface area contributed by atoms with E-state index in [-0.39, 0.29) is 11.7 Å². The molecule has 0 bridgehead atoms. The zero-order chi connectivity index (χ0) is 14.8. The fraction of sp³-hybridized carbons (Fsp3) is 0.0667. The summed E-state index contributed by atoms with van der Waals surface area (Å²) in [6.07, 6.45) is 0. The number of nitrogens with two attached hydrogens (primary N) is 1. The van der Waals surface area contributed by atoms with Crippen LogP contribution >= 0.6 is 11.6 Å². The van der Waals surface area contributed by atoms with E-state index < -0.39 is 0 Å². The van der Waals surface area contributed by atoms with Crippen molar-refractivity contribution in [2.75, 3.05) is 5.73 Å². The number of rotatable bonds is 3. The van der Waals surface area contributed by atoms with Crippen molar-refractivity contribution >= 4 is 17.3 Å². The number of benzene rings is 2. The Hall–Kier alpha value is -2.40. The molecule has 21 heavy (non-hydrogen) atoms. The van der Waals surface area contributed by atoms with Gasteiger partial charge in [-0.05, 0) is 36.4 Å². The largest absolute Gasteiger partial charge is 0.399 e. The Bertz CT molecular complexity index is 768. The van der Waals surface area contributed by atoms with Gasteiger partial charge < -0.3 is 5.73 Å². The lowest BCUT2D eigenvalue weighted by Crippen LogP contribution is -2.02. The van der Waals surface area contributed by atoms with Crippen LogP contribution in [0.15, 0.2) is 48.5 Å². The molecule has 2 N–H and O–H groups in total. The molecule has 0 aliphatic rings. The average molecular weight is 303 g/mol. The first-order valence-electron chi connectivity index (χ1n) is 6.31. The average Bonchev–Trinajstić information content (AvgIpc) is 2.92. The minimum atomic E-state index is -0.301. The van der Waals surface area contributed by atoms with E-state index in [9.17, 15) is 4.39 Å². The maximum atomic E-state index is 13.1. The number of halogens is 2. The molecule has 3 rings (SSSR count). The Morgan fingerprint density at radius 2 is 1.86 bits per heavy atom. The van der Waals surface area contributed by atoms with Gasteiger partial charge in [-0.3, -0.25) is 4.57 Å². The Labute approximate surface area is 126 Å². The minimum Gasteiger partial charge on any atom is -0.399 e. The van der Waals surface area contributed by atoms with Crippen LogP contribution in [0.4, 0.5) is 10.1 Å². The molecule has 2 aromatic carbocycles. The van der Waals surface area contributed by atoms with Crippen molar-refractivity contribution in [1.82, 2.24) is 14.8 Å². The van der Waals surface area contributed by atoms with Crippen molar-refractivity contribution in [1.29, 1.82) is 0 Å². The Balaban J connectivity index is 2.19. The second kappa shape index (κ2) is 5.54. The van der Waals surface area contributed by atoms with E-state index in [0.29, 0.717) is 17.3 Å². The van der Waals surface area contributed by atoms with Crippen LogP contribution in [0.3, 0.4) is 0 Å². The third kappa shape index (κ3) is 2.60. The highest BCUT2D eigenvalue weighted by atomic mass is 35.5. The Morgan fingerprint density at radius 3 is 2.52 bits per heavy atom. The van der Waals surface area contributed by atoms with Crippen molar-refractivity contribution in [2.24, 2.45) is 0 Å². The molecule has 106 valence electrons. The Morgan fingerprint density at radius 1 is 1.10 bits per heavy atom. The summed E-state index contributed by atoms with van der Waals surface area (Å²) in [6, 6.07) is 13.4. The van der Waals surface area contributed by atoms with Gasteiger partial charge in [-0.2, -0.15) is 0 Å². The number of aromatic nitrogens is 3. The maximum Gasteiger partial charge on any atom is 0.168 e. The predicted octanol–water partition coefficient (Wildman–Crippen LogP) is 3.39. The molecule has 0 aliphatic heterocycles. The first-order chi connectivity index (χ1) is 10.2. The van der Waals surface area contributed by atoms with Gasteiger partial charge in [-0.25, -0.2) is 4.39 Å². The van der Waals surface area contributed by atoms with Crippen LogP contribution in [0.1, 0.15) is 5.82 Å². The van der Waals surface area contributed by atoms with Crippen molar-refractivity contribution < 1.29 is 4.39 Å². The highest BCUT2D eigenvalue weighted by Gasteiger charge is 2.15. The number of nitrogens with zero attached hydrogens (tertiary/aromatic N) is 3. The van der Waals surface area contributed by atoms with Crippen LogP contribution in [0.2, 0.25) is 0 Å². The molecule has 1 aromatic heterocycles. The summed E-state index contributed by atoms with van der Waals surface area (Å²) in [5.41, 5.74) is 8.01. The van der Waals surface area contributed by atoms with E-state index in [1.54, 1.807) is 22.8 Å². The molecule has 0 amide bonds. The summed E-state index contributed by atoms with van der Waals surface area (Å²) in [7, 11) is 0. The molecule has 0 radical (unpaired) electrons. The molecule has 6 heteroatoms. The summed E-state index contributed by atoms with van der Waals surface area (Å²) in [4.78, 5) is 0. The van der Waals surface area contributed by atoms with Crippen LogP contribution in [-0.2, 0) is 5.88 Å². The molecule has 0 atom stereocenters. The summed E-state index contributed by atoms with van der Waals surface area (Å²) in [6.45, 7) is 0. The third-order valence-electron chi connectivity index (χ3n) is 3.08. The summed E-state index contributed by atoms with van der Waals surface area (Å²) in [5, 5.41) is 8.26. The molecule has 0 unspecified atom stereocenters. The van der Waals surface area contributed by atoms with Gasteiger partial charge in [0.2, 0.25) is 0 Å². The maximum absolute atomic E-state index is 13.1. The quantitative estimate of drug-likeness (QED) is 0.596. The van der Waals surface area contributed by atoms with E-state index in [4.69, 9.17) is 17.3 Å². The number of anilines is 1. The minimum absolute atomic E-state index is 0.201. The lowest BCUT2D eigenvalue weighted by Gasteiger charge is -2.09. The first-order valence-corrected chi connectivity index (χ1v) is 6.84. The van der Waals surface area contributed by atoms with Crippen molar-refractivity contribution in [3.63, 3.8) is 0 Å². The number of nitrogen functional groups attached to an aromatic ring is 1. The van der Waals surface area contributed by atoms with Gasteiger partial charge in [-0.1, -0.05) is 12.1 Å². The summed E-state index contributed by atoms with van der Waals surface area (Å²) in [5.74, 6) is 1.10. The fourth-order valence-corrected chi connectivity index (χ4v) is 2.30. The van der Waals surface area contributed by atoms with Gasteiger partial charge in [-0.15, -0.1) is 21.8 Å². The van der Waals surface area contributed by atoms with Gasteiger partial charge in [0.25, 0.3) is 0 Å². The van der Waals surface area contributed by atoms with Crippen LogP contribution in [0.5, 0.6) is 0 Å². The van der Waals surface area contributed by atoms with E-state index in [1.807, 2.05) is 18.2 Å². The zero-order valence-corrected chi connectivity index (χ0v) is 11.8. The lowest BCUT2D eigenvalue weighted by molar-refractivity contribution is 0.627. The molecule has 0 saturated carbocycles. The molecule has 0 fully saturated rings. The highest BCUT2D eigenvalue weighted by Crippen LogP contribution is 2.25. The molecule has 0 aliphatic carbocycles.